The minimum atomic E-state index is -0.567. The largest absolute Gasteiger partial charge is 0.352 e. The van der Waals surface area contributed by atoms with Gasteiger partial charge >= 0.3 is 0 Å². The third-order valence-corrected chi connectivity index (χ3v) is 7.71. The first-order valence-electron chi connectivity index (χ1n) is 11.9. The SMILES string of the molecule is CC1(C)CC(=O)Cc2cc(Cc3nc4c(N5CCC6(CC(=O)CC6=O)C5)nccn4n3)ccc21. The Morgan fingerprint density at radius 2 is 1.88 bits per heavy atom. The maximum atomic E-state index is 12.5. The quantitative estimate of drug-likeness (QED) is 0.558. The number of aromatic nitrogens is 4. The molecule has 1 aliphatic heterocycles. The van der Waals surface area contributed by atoms with E-state index in [1.54, 1.807) is 16.9 Å². The highest BCUT2D eigenvalue weighted by Crippen LogP contribution is 2.42. The van der Waals surface area contributed by atoms with Gasteiger partial charge < -0.3 is 4.90 Å². The Labute approximate surface area is 197 Å². The number of hydrogen-bond donors (Lipinski definition) is 0. The Hall–Kier alpha value is -3.42. The third-order valence-electron chi connectivity index (χ3n) is 7.71. The van der Waals surface area contributed by atoms with Crippen molar-refractivity contribution in [2.45, 2.75) is 57.8 Å². The monoisotopic (exact) mass is 457 g/mol. The summed E-state index contributed by atoms with van der Waals surface area (Å²) in [6.45, 7) is 5.42. The average Bonchev–Trinajstić information content (AvgIpc) is 3.43. The van der Waals surface area contributed by atoms with E-state index in [-0.39, 0.29) is 29.2 Å². The first-order valence-corrected chi connectivity index (χ1v) is 11.9. The molecule has 2 aromatic heterocycles. The summed E-state index contributed by atoms with van der Waals surface area (Å²) < 4.78 is 1.73. The molecule has 174 valence electrons. The summed E-state index contributed by atoms with van der Waals surface area (Å²) in [5.41, 5.74) is 3.37. The summed E-state index contributed by atoms with van der Waals surface area (Å²) in [5.74, 6) is 1.75. The molecule has 0 radical (unpaired) electrons. The second kappa shape index (κ2) is 7.29. The average molecular weight is 458 g/mol. The van der Waals surface area contributed by atoms with Crippen molar-refractivity contribution < 1.29 is 14.4 Å². The van der Waals surface area contributed by atoms with E-state index < -0.39 is 5.41 Å². The van der Waals surface area contributed by atoms with E-state index in [9.17, 15) is 14.4 Å². The van der Waals surface area contributed by atoms with Crippen LogP contribution in [0.1, 0.15) is 62.0 Å². The number of Topliss-reactive ketones (excluding diaryl/α,β-unsaturated/α-hetero) is 3. The minimum absolute atomic E-state index is 0.0397. The van der Waals surface area contributed by atoms with Crippen LogP contribution in [-0.2, 0) is 32.6 Å². The van der Waals surface area contributed by atoms with E-state index >= 15 is 0 Å². The summed E-state index contributed by atoms with van der Waals surface area (Å²) in [6, 6.07) is 6.36. The lowest BCUT2D eigenvalue weighted by atomic mass is 9.72. The van der Waals surface area contributed by atoms with E-state index in [4.69, 9.17) is 4.98 Å². The van der Waals surface area contributed by atoms with E-state index in [2.05, 4.69) is 47.0 Å². The smallest absolute Gasteiger partial charge is 0.198 e. The lowest BCUT2D eigenvalue weighted by Crippen LogP contribution is -2.31. The molecule has 8 nitrogen and oxygen atoms in total. The Bertz CT molecular complexity index is 1370. The molecule has 3 aliphatic rings. The van der Waals surface area contributed by atoms with Crippen LogP contribution in [0.4, 0.5) is 5.82 Å². The number of carbonyl (C=O) groups excluding carboxylic acids is 3. The highest BCUT2D eigenvalue weighted by molar-refractivity contribution is 6.09. The summed E-state index contributed by atoms with van der Waals surface area (Å²) in [4.78, 5) is 48.0. The zero-order valence-corrected chi connectivity index (χ0v) is 19.5. The van der Waals surface area contributed by atoms with Crippen molar-refractivity contribution in [2.75, 3.05) is 18.0 Å². The van der Waals surface area contributed by atoms with Crippen molar-refractivity contribution in [1.29, 1.82) is 0 Å². The maximum Gasteiger partial charge on any atom is 0.198 e. The van der Waals surface area contributed by atoms with Crippen LogP contribution in [0.25, 0.3) is 5.65 Å². The Balaban J connectivity index is 1.28. The Morgan fingerprint density at radius 1 is 1.06 bits per heavy atom. The maximum absolute atomic E-state index is 12.5. The van der Waals surface area contributed by atoms with Crippen LogP contribution >= 0.6 is 0 Å². The topological polar surface area (TPSA) is 97.5 Å². The van der Waals surface area contributed by atoms with Gasteiger partial charge in [-0.2, -0.15) is 5.10 Å². The Kier molecular flexibility index (Phi) is 4.53. The fraction of sp³-hybridized carbons (Fsp3) is 0.462. The van der Waals surface area contributed by atoms with Gasteiger partial charge in [0, 0.05) is 51.2 Å². The van der Waals surface area contributed by atoms with Gasteiger partial charge in [-0.3, -0.25) is 14.4 Å². The van der Waals surface area contributed by atoms with Gasteiger partial charge in [-0.25, -0.2) is 14.5 Å². The first kappa shape index (κ1) is 21.1. The second-order valence-electron chi connectivity index (χ2n) is 10.8. The van der Waals surface area contributed by atoms with Crippen LogP contribution in [0, 0.1) is 5.41 Å². The van der Waals surface area contributed by atoms with Crippen LogP contribution < -0.4 is 4.90 Å². The molecule has 1 spiro atoms. The van der Waals surface area contributed by atoms with Crippen molar-refractivity contribution in [3.63, 3.8) is 0 Å². The molecule has 2 fully saturated rings. The number of anilines is 1. The summed E-state index contributed by atoms with van der Waals surface area (Å²) in [7, 11) is 0. The fourth-order valence-corrected chi connectivity index (χ4v) is 6.09. The van der Waals surface area contributed by atoms with Crippen molar-refractivity contribution >= 4 is 28.8 Å². The van der Waals surface area contributed by atoms with Crippen molar-refractivity contribution in [1.82, 2.24) is 19.6 Å². The van der Waals surface area contributed by atoms with Crippen molar-refractivity contribution in [3.8, 4) is 0 Å². The lowest BCUT2D eigenvalue weighted by molar-refractivity contribution is -0.125. The summed E-state index contributed by atoms with van der Waals surface area (Å²) in [5, 5.41) is 4.66. The second-order valence-corrected chi connectivity index (χ2v) is 10.8. The molecule has 1 saturated carbocycles. The number of fused-ring (bicyclic) bond motifs is 2. The molecule has 0 N–H and O–H groups in total. The minimum Gasteiger partial charge on any atom is -0.352 e. The highest BCUT2D eigenvalue weighted by atomic mass is 16.2. The standard InChI is InChI=1S/C26H27N5O3/c1-25(2)13-18(32)11-17-9-16(3-4-20(17)25)10-22-28-24-23(27-6-8-31(24)29-22)30-7-5-26(15-30)14-19(33)12-21(26)34/h3-4,6,8-9H,5,7,10-15H2,1-2H3. The molecule has 2 aliphatic carbocycles. The van der Waals surface area contributed by atoms with Crippen LogP contribution in [0.3, 0.4) is 0 Å². The molecule has 3 aromatic rings. The van der Waals surface area contributed by atoms with Gasteiger partial charge in [0.25, 0.3) is 0 Å². The molecular weight excluding hydrogens is 430 g/mol. The van der Waals surface area contributed by atoms with Crippen LogP contribution in [0.2, 0.25) is 0 Å². The van der Waals surface area contributed by atoms with Gasteiger partial charge in [0.2, 0.25) is 0 Å². The molecule has 1 atom stereocenters. The van der Waals surface area contributed by atoms with Crippen LogP contribution in [0.15, 0.2) is 30.6 Å². The predicted molar refractivity (Wildman–Crippen MR) is 125 cm³/mol. The predicted octanol–water partition coefficient (Wildman–Crippen LogP) is 2.64. The fourth-order valence-electron chi connectivity index (χ4n) is 6.09. The molecule has 1 aromatic carbocycles. The molecule has 34 heavy (non-hydrogen) atoms. The molecular formula is C26H27N5O3. The first-order chi connectivity index (χ1) is 16.2. The molecule has 6 rings (SSSR count). The zero-order chi connectivity index (χ0) is 23.7. The van der Waals surface area contributed by atoms with E-state index in [0.29, 0.717) is 62.5 Å². The van der Waals surface area contributed by atoms with Gasteiger partial charge in [0.05, 0.1) is 11.8 Å². The number of ketones is 3. The zero-order valence-electron chi connectivity index (χ0n) is 19.5. The van der Waals surface area contributed by atoms with Gasteiger partial charge in [-0.15, -0.1) is 0 Å². The molecule has 8 heteroatoms. The molecule has 0 amide bonds. The van der Waals surface area contributed by atoms with Crippen LogP contribution in [-0.4, -0.2) is 50.0 Å². The van der Waals surface area contributed by atoms with E-state index in [1.165, 1.54) is 5.56 Å². The number of hydrogen-bond acceptors (Lipinski definition) is 7. The molecule has 0 bridgehead atoms. The van der Waals surface area contributed by atoms with E-state index in [1.807, 2.05) is 0 Å². The normalized spacial score (nSPS) is 23.9. The third kappa shape index (κ3) is 3.35. The highest BCUT2D eigenvalue weighted by Gasteiger charge is 2.50. The number of nitrogens with zero attached hydrogens (tertiary/aromatic N) is 5. The molecule has 1 unspecified atom stereocenters. The number of rotatable bonds is 3. The lowest BCUT2D eigenvalue weighted by Gasteiger charge is -2.31. The van der Waals surface area contributed by atoms with Crippen molar-refractivity contribution in [3.05, 3.63) is 53.1 Å². The summed E-state index contributed by atoms with van der Waals surface area (Å²) in [6.07, 6.45) is 6.16. The number of carbonyl (C=O) groups is 3. The van der Waals surface area contributed by atoms with Gasteiger partial charge in [-0.1, -0.05) is 32.0 Å². The van der Waals surface area contributed by atoms with Gasteiger partial charge in [0.15, 0.2) is 17.3 Å². The molecule has 3 heterocycles. The van der Waals surface area contributed by atoms with Crippen molar-refractivity contribution in [2.24, 2.45) is 5.41 Å². The van der Waals surface area contributed by atoms with E-state index in [0.717, 1.165) is 11.1 Å². The van der Waals surface area contributed by atoms with Crippen LogP contribution in [0.5, 0.6) is 0 Å². The summed E-state index contributed by atoms with van der Waals surface area (Å²) >= 11 is 0. The number of benzene rings is 1. The molecule has 1 saturated heterocycles. The Morgan fingerprint density at radius 3 is 2.68 bits per heavy atom. The van der Waals surface area contributed by atoms with Gasteiger partial charge in [-0.05, 0) is 28.5 Å². The van der Waals surface area contributed by atoms with Gasteiger partial charge in [0.1, 0.15) is 17.3 Å².